The van der Waals surface area contributed by atoms with E-state index in [1.165, 1.54) is 6.08 Å². The van der Waals surface area contributed by atoms with Gasteiger partial charge in [0.25, 0.3) is 0 Å². The largest absolute Gasteiger partial charge is 0.502 e. The van der Waals surface area contributed by atoms with Gasteiger partial charge in [-0.25, -0.2) is 4.39 Å². The number of aromatic hydroxyl groups is 1. The highest BCUT2D eigenvalue weighted by molar-refractivity contribution is 5.51. The number of phenols is 1. The van der Waals surface area contributed by atoms with Gasteiger partial charge in [-0.15, -0.1) is 6.58 Å². The fourth-order valence-electron chi connectivity index (χ4n) is 1.09. The van der Waals surface area contributed by atoms with Crippen LogP contribution in [0.1, 0.15) is 5.56 Å². The zero-order chi connectivity index (χ0) is 10.7. The van der Waals surface area contributed by atoms with Crippen LogP contribution in [0, 0.1) is 15.9 Å². The molecule has 0 amide bonds. The number of nitrogens with zero attached hydrogens (tertiary/aromatic N) is 1. The lowest BCUT2D eigenvalue weighted by atomic mass is 10.1. The van der Waals surface area contributed by atoms with Crippen LogP contribution >= 0.6 is 0 Å². The third kappa shape index (κ3) is 1.71. The van der Waals surface area contributed by atoms with Crippen molar-refractivity contribution in [3.63, 3.8) is 0 Å². The molecule has 74 valence electrons. The summed E-state index contributed by atoms with van der Waals surface area (Å²) >= 11 is 0. The van der Waals surface area contributed by atoms with Crippen molar-refractivity contribution in [3.05, 3.63) is 46.3 Å². The molecule has 0 aromatic heterocycles. The molecule has 14 heavy (non-hydrogen) atoms. The first kappa shape index (κ1) is 10.2. The van der Waals surface area contributed by atoms with E-state index in [1.54, 1.807) is 0 Å². The van der Waals surface area contributed by atoms with Gasteiger partial charge < -0.3 is 5.11 Å². The topological polar surface area (TPSA) is 63.4 Å². The van der Waals surface area contributed by atoms with E-state index in [9.17, 15) is 19.6 Å². The Kier molecular flexibility index (Phi) is 2.81. The van der Waals surface area contributed by atoms with Crippen molar-refractivity contribution in [3.8, 4) is 5.75 Å². The van der Waals surface area contributed by atoms with Gasteiger partial charge in [0.15, 0.2) is 0 Å². The van der Waals surface area contributed by atoms with Gasteiger partial charge in [-0.1, -0.05) is 6.08 Å². The van der Waals surface area contributed by atoms with Gasteiger partial charge in [-0.05, 0) is 12.5 Å². The zero-order valence-electron chi connectivity index (χ0n) is 7.24. The number of nitro benzene ring substituents is 1. The molecule has 0 heterocycles. The van der Waals surface area contributed by atoms with Crippen molar-refractivity contribution < 1.29 is 14.4 Å². The fraction of sp³-hybridized carbons (Fsp3) is 0.111. The molecule has 0 aliphatic rings. The van der Waals surface area contributed by atoms with Gasteiger partial charge in [-0.3, -0.25) is 10.1 Å². The van der Waals surface area contributed by atoms with Crippen LogP contribution in [0.2, 0.25) is 0 Å². The highest BCUT2D eigenvalue weighted by Gasteiger charge is 2.19. The lowest BCUT2D eigenvalue weighted by Crippen LogP contribution is -1.95. The summed E-state index contributed by atoms with van der Waals surface area (Å²) in [5, 5.41) is 19.7. The standard InChI is InChI=1S/C9H8FNO3/c1-2-3-6-7(10)4-5-8(9(6)12)11(13)14/h2,4-5,12H,1,3H2. The molecule has 1 aromatic rings. The lowest BCUT2D eigenvalue weighted by Gasteiger charge is -2.03. The molecule has 0 radical (unpaired) electrons. The maximum Gasteiger partial charge on any atom is 0.311 e. The smallest absolute Gasteiger partial charge is 0.311 e. The van der Waals surface area contributed by atoms with Crippen molar-refractivity contribution in [2.75, 3.05) is 0 Å². The highest BCUT2D eigenvalue weighted by atomic mass is 19.1. The van der Waals surface area contributed by atoms with E-state index in [2.05, 4.69) is 6.58 Å². The first-order chi connectivity index (χ1) is 6.57. The summed E-state index contributed by atoms with van der Waals surface area (Å²) in [5.41, 5.74) is -0.600. The normalized spacial score (nSPS) is 9.79. The van der Waals surface area contributed by atoms with Gasteiger partial charge in [0, 0.05) is 11.6 Å². The summed E-state index contributed by atoms with van der Waals surface area (Å²) < 4.78 is 13.1. The van der Waals surface area contributed by atoms with Crippen LogP contribution in [0.4, 0.5) is 10.1 Å². The van der Waals surface area contributed by atoms with E-state index in [-0.39, 0.29) is 12.0 Å². The minimum absolute atomic E-state index is 0.0549. The van der Waals surface area contributed by atoms with Crippen molar-refractivity contribution in [2.24, 2.45) is 0 Å². The molecule has 0 spiro atoms. The van der Waals surface area contributed by atoms with Crippen LogP contribution < -0.4 is 0 Å². The summed E-state index contributed by atoms with van der Waals surface area (Å²) in [6.07, 6.45) is 1.42. The number of allylic oxidation sites excluding steroid dienone is 1. The van der Waals surface area contributed by atoms with Crippen molar-refractivity contribution in [2.45, 2.75) is 6.42 Å². The molecule has 0 atom stereocenters. The van der Waals surface area contributed by atoms with Crippen LogP contribution in [0.5, 0.6) is 5.75 Å². The molecule has 0 saturated carbocycles. The van der Waals surface area contributed by atoms with Crippen LogP contribution in [0.3, 0.4) is 0 Å². The van der Waals surface area contributed by atoms with Gasteiger partial charge in [0.05, 0.1) is 4.92 Å². The minimum Gasteiger partial charge on any atom is -0.502 e. The summed E-state index contributed by atoms with van der Waals surface area (Å²) in [4.78, 5) is 9.62. The van der Waals surface area contributed by atoms with E-state index in [4.69, 9.17) is 0 Å². The summed E-state index contributed by atoms with van der Waals surface area (Å²) in [5.74, 6) is -1.30. The summed E-state index contributed by atoms with van der Waals surface area (Å²) in [6.45, 7) is 3.37. The molecule has 0 bridgehead atoms. The van der Waals surface area contributed by atoms with Crippen molar-refractivity contribution >= 4 is 5.69 Å². The summed E-state index contributed by atoms with van der Waals surface area (Å²) in [7, 11) is 0. The van der Waals surface area contributed by atoms with Gasteiger partial charge in [0.2, 0.25) is 5.75 Å². The Labute approximate surface area is 79.4 Å². The molecule has 0 aliphatic carbocycles. The van der Waals surface area contributed by atoms with Crippen LogP contribution in [0.15, 0.2) is 24.8 Å². The van der Waals surface area contributed by atoms with Crippen LogP contribution in [0.25, 0.3) is 0 Å². The molecule has 1 rings (SSSR count). The average Bonchev–Trinajstić information content (AvgIpc) is 2.11. The maximum atomic E-state index is 13.1. The number of benzene rings is 1. The van der Waals surface area contributed by atoms with E-state index < -0.39 is 22.2 Å². The molecular weight excluding hydrogens is 189 g/mol. The van der Waals surface area contributed by atoms with E-state index in [1.807, 2.05) is 0 Å². The second kappa shape index (κ2) is 3.87. The van der Waals surface area contributed by atoms with Gasteiger partial charge in [-0.2, -0.15) is 0 Å². The molecule has 0 fully saturated rings. The number of rotatable bonds is 3. The minimum atomic E-state index is -0.763. The second-order valence-electron chi connectivity index (χ2n) is 2.64. The highest BCUT2D eigenvalue weighted by Crippen LogP contribution is 2.31. The maximum absolute atomic E-state index is 13.1. The zero-order valence-corrected chi connectivity index (χ0v) is 7.24. The van der Waals surface area contributed by atoms with E-state index in [0.29, 0.717) is 0 Å². The lowest BCUT2D eigenvalue weighted by molar-refractivity contribution is -0.386. The Morgan fingerprint density at radius 2 is 2.29 bits per heavy atom. The Balaban J connectivity index is 3.32. The number of nitro groups is 1. The monoisotopic (exact) mass is 197 g/mol. The first-order valence-corrected chi connectivity index (χ1v) is 3.83. The number of phenolic OH excluding ortho intramolecular Hbond substituents is 1. The number of hydrogen-bond acceptors (Lipinski definition) is 3. The predicted molar refractivity (Wildman–Crippen MR) is 48.6 cm³/mol. The van der Waals surface area contributed by atoms with Gasteiger partial charge in [0.1, 0.15) is 5.82 Å². The van der Waals surface area contributed by atoms with Crippen LogP contribution in [-0.4, -0.2) is 10.0 Å². The molecule has 0 unspecified atom stereocenters. The van der Waals surface area contributed by atoms with E-state index >= 15 is 0 Å². The average molecular weight is 197 g/mol. The molecule has 1 aromatic carbocycles. The second-order valence-corrected chi connectivity index (χ2v) is 2.64. The SMILES string of the molecule is C=CCc1c(F)ccc([N+](=O)[O-])c1O. The van der Waals surface area contributed by atoms with Gasteiger partial charge >= 0.3 is 5.69 Å². The number of halogens is 1. The van der Waals surface area contributed by atoms with E-state index in [0.717, 1.165) is 12.1 Å². The summed E-state index contributed by atoms with van der Waals surface area (Å²) in [6, 6.07) is 1.88. The molecule has 5 heteroatoms. The molecular formula is C9H8FNO3. The molecule has 1 N–H and O–H groups in total. The fourth-order valence-corrected chi connectivity index (χ4v) is 1.09. The Bertz CT molecular complexity index is 390. The number of hydrogen-bond donors (Lipinski definition) is 1. The van der Waals surface area contributed by atoms with Crippen LogP contribution in [-0.2, 0) is 6.42 Å². The Hall–Kier alpha value is -1.91. The van der Waals surface area contributed by atoms with Crippen molar-refractivity contribution in [1.29, 1.82) is 0 Å². The Morgan fingerprint density at radius 3 is 2.79 bits per heavy atom. The predicted octanol–water partition coefficient (Wildman–Crippen LogP) is 2.17. The van der Waals surface area contributed by atoms with Crippen molar-refractivity contribution in [1.82, 2.24) is 0 Å². The first-order valence-electron chi connectivity index (χ1n) is 3.83. The molecule has 4 nitrogen and oxygen atoms in total. The third-order valence-corrected chi connectivity index (χ3v) is 1.75. The quantitative estimate of drug-likeness (QED) is 0.458. The molecule has 0 saturated heterocycles. The third-order valence-electron chi connectivity index (χ3n) is 1.75. The Morgan fingerprint density at radius 1 is 1.64 bits per heavy atom. The molecule has 0 aliphatic heterocycles.